The number of benzene rings is 1. The van der Waals surface area contributed by atoms with E-state index >= 15 is 0 Å². The maximum atomic E-state index is 13.0. The molecule has 4 N–H and O–H groups in total. The highest BCUT2D eigenvalue weighted by Crippen LogP contribution is 2.24. The van der Waals surface area contributed by atoms with Crippen LogP contribution in [0.4, 0.5) is 4.39 Å². The first kappa shape index (κ1) is 15.6. The van der Waals surface area contributed by atoms with Crippen LogP contribution in [-0.2, 0) is 0 Å². The first-order valence-electron chi connectivity index (χ1n) is 6.10. The Kier molecular flexibility index (Phi) is 6.78. The van der Waals surface area contributed by atoms with Gasteiger partial charge in [-0.3, -0.25) is 0 Å². The molecule has 3 nitrogen and oxygen atoms in total. The predicted molar refractivity (Wildman–Crippen MR) is 74.8 cm³/mol. The van der Waals surface area contributed by atoms with E-state index in [1.807, 2.05) is 0 Å². The van der Waals surface area contributed by atoms with E-state index in [4.69, 9.17) is 10.8 Å². The Morgan fingerprint density at radius 1 is 1.50 bits per heavy atom. The summed E-state index contributed by atoms with van der Waals surface area (Å²) in [6.07, 6.45) is 1.64. The van der Waals surface area contributed by atoms with Gasteiger partial charge in [-0.15, -0.1) is 0 Å². The number of rotatable bonds is 7. The number of aliphatic hydroxyl groups is 1. The molecule has 1 rings (SSSR count). The van der Waals surface area contributed by atoms with Crippen LogP contribution in [0.1, 0.15) is 31.4 Å². The van der Waals surface area contributed by atoms with Crippen LogP contribution in [-0.4, -0.2) is 24.3 Å². The van der Waals surface area contributed by atoms with Gasteiger partial charge in [0.1, 0.15) is 5.82 Å². The summed E-state index contributed by atoms with van der Waals surface area (Å²) < 4.78 is 13.8. The fraction of sp³-hybridized carbons (Fsp3) is 0.538. The normalized spacial score (nSPS) is 14.5. The molecule has 1 aromatic rings. The maximum Gasteiger partial charge on any atom is 0.124 e. The van der Waals surface area contributed by atoms with Gasteiger partial charge in [0.2, 0.25) is 0 Å². The van der Waals surface area contributed by atoms with E-state index in [9.17, 15) is 4.39 Å². The highest BCUT2D eigenvalue weighted by molar-refractivity contribution is 9.10. The summed E-state index contributed by atoms with van der Waals surface area (Å²) in [5, 5.41) is 12.2. The molecule has 0 radical (unpaired) electrons. The average molecular weight is 319 g/mol. The minimum absolute atomic E-state index is 0.0198. The quantitative estimate of drug-likeness (QED) is 0.723. The molecule has 0 aliphatic carbocycles. The average Bonchev–Trinajstić information content (AvgIpc) is 2.34. The molecule has 0 saturated carbocycles. The van der Waals surface area contributed by atoms with Gasteiger partial charge < -0.3 is 16.2 Å². The van der Waals surface area contributed by atoms with E-state index in [0.29, 0.717) is 6.54 Å². The molecule has 0 saturated heterocycles. The van der Waals surface area contributed by atoms with Crippen molar-refractivity contribution in [3.05, 3.63) is 34.1 Å². The number of hydrogen-bond donors (Lipinski definition) is 3. The fourth-order valence-electron chi connectivity index (χ4n) is 1.89. The number of nitrogens with two attached hydrogens (primary N) is 1. The van der Waals surface area contributed by atoms with Crippen LogP contribution < -0.4 is 11.1 Å². The first-order valence-corrected chi connectivity index (χ1v) is 6.89. The van der Waals surface area contributed by atoms with Gasteiger partial charge in [0.25, 0.3) is 0 Å². The van der Waals surface area contributed by atoms with Crippen LogP contribution in [0.3, 0.4) is 0 Å². The molecule has 18 heavy (non-hydrogen) atoms. The van der Waals surface area contributed by atoms with Gasteiger partial charge >= 0.3 is 0 Å². The van der Waals surface area contributed by atoms with Crippen LogP contribution in [0.5, 0.6) is 0 Å². The van der Waals surface area contributed by atoms with Gasteiger partial charge in [-0.2, -0.15) is 0 Å². The standard InChI is InChI=1S/C13H20BrFN2O/c1-9(3-2-6-18)17-13(8-16)11-5-4-10(15)7-12(11)14/h4-5,7,9,13,17-18H,2-3,6,8,16H2,1H3. The minimum Gasteiger partial charge on any atom is -0.396 e. The Bertz CT molecular complexity index is 376. The summed E-state index contributed by atoms with van der Waals surface area (Å²) in [7, 11) is 0. The lowest BCUT2D eigenvalue weighted by Crippen LogP contribution is -2.35. The monoisotopic (exact) mass is 318 g/mol. The summed E-state index contributed by atoms with van der Waals surface area (Å²) in [5.74, 6) is -0.269. The minimum atomic E-state index is -0.269. The third kappa shape index (κ3) is 4.65. The molecule has 0 amide bonds. The summed E-state index contributed by atoms with van der Waals surface area (Å²) in [6, 6.07) is 4.85. The Labute approximate surface area is 116 Å². The molecule has 2 atom stereocenters. The van der Waals surface area contributed by atoms with Crippen LogP contribution in [0, 0.1) is 5.82 Å². The lowest BCUT2D eigenvalue weighted by atomic mass is 10.0. The number of aliphatic hydroxyl groups excluding tert-OH is 1. The highest BCUT2D eigenvalue weighted by atomic mass is 79.9. The molecule has 5 heteroatoms. The van der Waals surface area contributed by atoms with Crippen molar-refractivity contribution in [3.8, 4) is 0 Å². The molecule has 1 aromatic carbocycles. The maximum absolute atomic E-state index is 13.0. The molecule has 0 fully saturated rings. The SMILES string of the molecule is CC(CCCO)NC(CN)c1ccc(F)cc1Br. The van der Waals surface area contributed by atoms with Gasteiger partial charge in [0, 0.05) is 29.7 Å². The van der Waals surface area contributed by atoms with Crippen molar-refractivity contribution in [1.82, 2.24) is 5.32 Å². The second kappa shape index (κ2) is 7.84. The fourth-order valence-corrected chi connectivity index (χ4v) is 2.52. The van der Waals surface area contributed by atoms with Crippen molar-refractivity contribution < 1.29 is 9.50 Å². The lowest BCUT2D eigenvalue weighted by Gasteiger charge is -2.23. The number of nitrogens with one attached hydrogen (secondary N) is 1. The molecular weight excluding hydrogens is 299 g/mol. The summed E-state index contributed by atoms with van der Waals surface area (Å²) in [5.41, 5.74) is 6.72. The molecule has 2 unspecified atom stereocenters. The van der Waals surface area contributed by atoms with Gasteiger partial charge in [0.15, 0.2) is 0 Å². The van der Waals surface area contributed by atoms with E-state index in [1.165, 1.54) is 12.1 Å². The Balaban J connectivity index is 2.70. The van der Waals surface area contributed by atoms with Gasteiger partial charge in [-0.1, -0.05) is 22.0 Å². The zero-order chi connectivity index (χ0) is 13.5. The van der Waals surface area contributed by atoms with E-state index < -0.39 is 0 Å². The van der Waals surface area contributed by atoms with Gasteiger partial charge in [-0.05, 0) is 37.5 Å². The van der Waals surface area contributed by atoms with Crippen molar-refractivity contribution in [3.63, 3.8) is 0 Å². The lowest BCUT2D eigenvalue weighted by molar-refractivity contribution is 0.274. The molecule has 0 aliphatic rings. The van der Waals surface area contributed by atoms with Gasteiger partial charge in [0.05, 0.1) is 0 Å². The third-order valence-corrected chi connectivity index (χ3v) is 3.54. The van der Waals surface area contributed by atoms with E-state index in [0.717, 1.165) is 22.9 Å². The third-order valence-electron chi connectivity index (χ3n) is 2.85. The van der Waals surface area contributed by atoms with Crippen LogP contribution in [0.2, 0.25) is 0 Å². The highest BCUT2D eigenvalue weighted by Gasteiger charge is 2.15. The first-order chi connectivity index (χ1) is 8.58. The summed E-state index contributed by atoms with van der Waals surface area (Å²) in [4.78, 5) is 0. The van der Waals surface area contributed by atoms with Crippen LogP contribution in [0.15, 0.2) is 22.7 Å². The molecule has 0 heterocycles. The van der Waals surface area contributed by atoms with E-state index in [-0.39, 0.29) is 24.5 Å². The molecular formula is C13H20BrFN2O. The molecule has 102 valence electrons. The predicted octanol–water partition coefficient (Wildman–Crippen LogP) is 2.34. The second-order valence-electron chi connectivity index (χ2n) is 4.39. The topological polar surface area (TPSA) is 58.3 Å². The van der Waals surface area contributed by atoms with Crippen molar-refractivity contribution in [2.45, 2.75) is 31.8 Å². The van der Waals surface area contributed by atoms with Gasteiger partial charge in [-0.25, -0.2) is 4.39 Å². The zero-order valence-corrected chi connectivity index (χ0v) is 12.1. The summed E-state index contributed by atoms with van der Waals surface area (Å²) in [6.45, 7) is 2.68. The van der Waals surface area contributed by atoms with Crippen LogP contribution in [0.25, 0.3) is 0 Å². The zero-order valence-electron chi connectivity index (χ0n) is 10.5. The molecule has 0 spiro atoms. The second-order valence-corrected chi connectivity index (χ2v) is 5.24. The number of halogens is 2. The van der Waals surface area contributed by atoms with E-state index in [1.54, 1.807) is 6.07 Å². The van der Waals surface area contributed by atoms with Crippen molar-refractivity contribution >= 4 is 15.9 Å². The van der Waals surface area contributed by atoms with Crippen LogP contribution >= 0.6 is 15.9 Å². The summed E-state index contributed by atoms with van der Waals surface area (Å²) >= 11 is 3.36. The molecule has 0 bridgehead atoms. The smallest absolute Gasteiger partial charge is 0.124 e. The Morgan fingerprint density at radius 3 is 2.78 bits per heavy atom. The van der Waals surface area contributed by atoms with Crippen molar-refractivity contribution in [1.29, 1.82) is 0 Å². The molecule has 0 aromatic heterocycles. The number of hydrogen-bond acceptors (Lipinski definition) is 3. The Hall–Kier alpha value is -0.490. The Morgan fingerprint density at radius 2 is 2.22 bits per heavy atom. The van der Waals surface area contributed by atoms with Crippen molar-refractivity contribution in [2.24, 2.45) is 5.73 Å². The van der Waals surface area contributed by atoms with Crippen molar-refractivity contribution in [2.75, 3.05) is 13.2 Å². The largest absolute Gasteiger partial charge is 0.396 e. The molecule has 0 aliphatic heterocycles. The van der Waals surface area contributed by atoms with E-state index in [2.05, 4.69) is 28.2 Å².